The van der Waals surface area contributed by atoms with E-state index in [1.54, 1.807) is 24.3 Å². The third kappa shape index (κ3) is 2.64. The highest BCUT2D eigenvalue weighted by atomic mass is 35.5. The fraction of sp³-hybridized carbons (Fsp3) is 0.0909. The number of halogens is 1. The van der Waals surface area contributed by atoms with Crippen LogP contribution in [0.2, 0.25) is 5.02 Å². The molecule has 0 amide bonds. The molecule has 0 fully saturated rings. The summed E-state index contributed by atoms with van der Waals surface area (Å²) in [6.07, 6.45) is 1.36. The summed E-state index contributed by atoms with van der Waals surface area (Å²) in [5.41, 5.74) is 6.08. The summed E-state index contributed by atoms with van der Waals surface area (Å²) >= 11 is 5.87. The van der Waals surface area contributed by atoms with E-state index in [2.05, 4.69) is 9.97 Å². The molecule has 0 atom stereocenters. The van der Waals surface area contributed by atoms with Gasteiger partial charge >= 0.3 is 0 Å². The normalized spacial score (nSPS) is 10.2. The first-order valence-electron chi connectivity index (χ1n) is 4.85. The molecule has 0 aliphatic carbocycles. The summed E-state index contributed by atoms with van der Waals surface area (Å²) < 4.78 is 5.49. The molecule has 1 aromatic carbocycles. The second-order valence-electron chi connectivity index (χ2n) is 3.25. The Morgan fingerprint density at radius 2 is 2.12 bits per heavy atom. The Morgan fingerprint density at radius 3 is 2.88 bits per heavy atom. The van der Waals surface area contributed by atoms with Gasteiger partial charge in [0.2, 0.25) is 11.8 Å². The topological polar surface area (TPSA) is 81.3 Å². The quantitative estimate of drug-likeness (QED) is 0.872. The number of rotatable bonds is 3. The van der Waals surface area contributed by atoms with Crippen LogP contribution in [0.3, 0.4) is 0 Å². The minimum Gasteiger partial charge on any atom is -0.437 e. The monoisotopic (exact) mass is 251 g/mol. The fourth-order valence-electron chi connectivity index (χ4n) is 1.27. The Bertz CT molecular complexity index is 534. The van der Waals surface area contributed by atoms with Crippen LogP contribution in [0.1, 0.15) is 5.56 Å². The standard InChI is InChI=1S/C11H10ClN3O2/c12-8-5-14-11(13)15-10(8)17-9-4-2-1-3-7(9)6-16/h1-5,16H,6H2,(H2,13,14,15). The van der Waals surface area contributed by atoms with Crippen LogP contribution < -0.4 is 10.5 Å². The molecule has 0 saturated heterocycles. The van der Waals surface area contributed by atoms with Crippen LogP contribution in [0.4, 0.5) is 5.95 Å². The molecule has 3 N–H and O–H groups in total. The van der Waals surface area contributed by atoms with Gasteiger partial charge in [0.25, 0.3) is 0 Å². The SMILES string of the molecule is Nc1ncc(Cl)c(Oc2ccccc2CO)n1. The molecule has 2 rings (SSSR count). The van der Waals surface area contributed by atoms with Crippen molar-refractivity contribution in [2.45, 2.75) is 6.61 Å². The van der Waals surface area contributed by atoms with E-state index in [0.717, 1.165) is 0 Å². The van der Waals surface area contributed by atoms with Gasteiger partial charge < -0.3 is 15.6 Å². The molecule has 1 aromatic heterocycles. The molecular weight excluding hydrogens is 242 g/mol. The first-order valence-corrected chi connectivity index (χ1v) is 5.23. The van der Waals surface area contributed by atoms with Crippen molar-refractivity contribution >= 4 is 17.5 Å². The van der Waals surface area contributed by atoms with Gasteiger partial charge in [0.05, 0.1) is 12.8 Å². The van der Waals surface area contributed by atoms with Crippen LogP contribution in [-0.2, 0) is 6.61 Å². The largest absolute Gasteiger partial charge is 0.437 e. The zero-order valence-corrected chi connectivity index (χ0v) is 9.55. The van der Waals surface area contributed by atoms with Crippen molar-refractivity contribution in [3.63, 3.8) is 0 Å². The Kier molecular flexibility index (Phi) is 3.41. The lowest BCUT2D eigenvalue weighted by Gasteiger charge is -2.09. The van der Waals surface area contributed by atoms with Gasteiger partial charge in [0.15, 0.2) is 0 Å². The van der Waals surface area contributed by atoms with Crippen molar-refractivity contribution < 1.29 is 9.84 Å². The van der Waals surface area contributed by atoms with Crippen LogP contribution in [0.15, 0.2) is 30.5 Å². The lowest BCUT2D eigenvalue weighted by molar-refractivity contribution is 0.276. The summed E-state index contributed by atoms with van der Waals surface area (Å²) in [6.45, 7) is -0.131. The fourth-order valence-corrected chi connectivity index (χ4v) is 1.40. The molecule has 17 heavy (non-hydrogen) atoms. The van der Waals surface area contributed by atoms with Crippen molar-refractivity contribution in [1.82, 2.24) is 9.97 Å². The van der Waals surface area contributed by atoms with Crippen LogP contribution in [-0.4, -0.2) is 15.1 Å². The minimum atomic E-state index is -0.131. The highest BCUT2D eigenvalue weighted by Crippen LogP contribution is 2.29. The van der Waals surface area contributed by atoms with E-state index in [1.807, 2.05) is 0 Å². The van der Waals surface area contributed by atoms with Crippen molar-refractivity contribution in [3.8, 4) is 11.6 Å². The molecule has 0 unspecified atom stereocenters. The number of aromatic nitrogens is 2. The number of hydrogen-bond donors (Lipinski definition) is 2. The predicted molar refractivity (Wildman–Crippen MR) is 63.9 cm³/mol. The van der Waals surface area contributed by atoms with E-state index in [9.17, 15) is 0 Å². The number of anilines is 1. The summed E-state index contributed by atoms with van der Waals surface area (Å²) in [6, 6.07) is 7.04. The number of nitrogens with zero attached hydrogens (tertiary/aromatic N) is 2. The first-order chi connectivity index (χ1) is 8.20. The molecule has 88 valence electrons. The smallest absolute Gasteiger partial charge is 0.243 e. The third-order valence-corrected chi connectivity index (χ3v) is 2.34. The van der Waals surface area contributed by atoms with E-state index in [-0.39, 0.29) is 23.5 Å². The highest BCUT2D eigenvalue weighted by Gasteiger charge is 2.09. The van der Waals surface area contributed by atoms with E-state index >= 15 is 0 Å². The summed E-state index contributed by atoms with van der Waals surface area (Å²) in [4.78, 5) is 7.60. The van der Waals surface area contributed by atoms with E-state index in [0.29, 0.717) is 11.3 Å². The number of nitrogen functional groups attached to an aromatic ring is 1. The van der Waals surface area contributed by atoms with Gasteiger partial charge in [-0.25, -0.2) is 4.98 Å². The average molecular weight is 252 g/mol. The summed E-state index contributed by atoms with van der Waals surface area (Å²) in [5.74, 6) is 0.723. The van der Waals surface area contributed by atoms with Gasteiger partial charge in [-0.3, -0.25) is 0 Å². The van der Waals surface area contributed by atoms with Crippen molar-refractivity contribution in [3.05, 3.63) is 41.0 Å². The van der Waals surface area contributed by atoms with Gasteiger partial charge in [0, 0.05) is 5.56 Å². The maximum absolute atomic E-state index is 9.15. The Labute approximate surface area is 103 Å². The van der Waals surface area contributed by atoms with Gasteiger partial charge in [-0.2, -0.15) is 4.98 Å². The molecule has 2 aromatic rings. The second kappa shape index (κ2) is 4.99. The predicted octanol–water partition coefficient (Wildman–Crippen LogP) is 2.00. The molecule has 0 radical (unpaired) electrons. The van der Waals surface area contributed by atoms with Crippen molar-refractivity contribution in [1.29, 1.82) is 0 Å². The summed E-state index contributed by atoms with van der Waals surface area (Å²) in [7, 11) is 0. The van der Waals surface area contributed by atoms with Gasteiger partial charge in [-0.15, -0.1) is 0 Å². The second-order valence-corrected chi connectivity index (χ2v) is 3.66. The molecule has 6 heteroatoms. The molecule has 5 nitrogen and oxygen atoms in total. The molecule has 0 spiro atoms. The van der Waals surface area contributed by atoms with Gasteiger partial charge in [-0.05, 0) is 6.07 Å². The van der Waals surface area contributed by atoms with Crippen LogP contribution in [0.25, 0.3) is 0 Å². The summed E-state index contributed by atoms with van der Waals surface area (Å²) in [5, 5.41) is 9.41. The van der Waals surface area contributed by atoms with Crippen LogP contribution >= 0.6 is 11.6 Å². The molecule has 0 aliphatic heterocycles. The average Bonchev–Trinajstić information content (AvgIpc) is 2.34. The minimum absolute atomic E-state index is 0.0749. The van der Waals surface area contributed by atoms with E-state index in [1.165, 1.54) is 6.20 Å². The Hall–Kier alpha value is -1.85. The van der Waals surface area contributed by atoms with Crippen LogP contribution in [0, 0.1) is 0 Å². The molecule has 0 saturated carbocycles. The number of para-hydroxylation sites is 1. The number of ether oxygens (including phenoxy) is 1. The number of aliphatic hydroxyl groups is 1. The lowest BCUT2D eigenvalue weighted by atomic mass is 10.2. The molecule has 0 bridgehead atoms. The Balaban J connectivity index is 2.34. The number of hydrogen-bond acceptors (Lipinski definition) is 5. The zero-order valence-electron chi connectivity index (χ0n) is 8.80. The molecule has 1 heterocycles. The van der Waals surface area contributed by atoms with Gasteiger partial charge in [0.1, 0.15) is 10.8 Å². The van der Waals surface area contributed by atoms with Gasteiger partial charge in [-0.1, -0.05) is 29.8 Å². The molecule has 0 aliphatic rings. The number of nitrogens with two attached hydrogens (primary N) is 1. The maximum Gasteiger partial charge on any atom is 0.243 e. The van der Waals surface area contributed by atoms with Crippen LogP contribution in [0.5, 0.6) is 11.6 Å². The zero-order chi connectivity index (χ0) is 12.3. The Morgan fingerprint density at radius 1 is 1.35 bits per heavy atom. The maximum atomic E-state index is 9.15. The highest BCUT2D eigenvalue weighted by molar-refractivity contribution is 6.31. The first kappa shape index (κ1) is 11.6. The van der Waals surface area contributed by atoms with Crippen molar-refractivity contribution in [2.75, 3.05) is 5.73 Å². The number of aliphatic hydroxyl groups excluding tert-OH is 1. The molecular formula is C11H10ClN3O2. The lowest BCUT2D eigenvalue weighted by Crippen LogP contribution is -1.98. The number of benzene rings is 1. The van der Waals surface area contributed by atoms with E-state index in [4.69, 9.17) is 27.2 Å². The van der Waals surface area contributed by atoms with E-state index < -0.39 is 0 Å². The third-order valence-electron chi connectivity index (χ3n) is 2.08. The van der Waals surface area contributed by atoms with Crippen molar-refractivity contribution in [2.24, 2.45) is 0 Å².